The molecule has 5 heteroatoms. The first kappa shape index (κ1) is 16.5. The van der Waals surface area contributed by atoms with E-state index >= 15 is 0 Å². The van der Waals surface area contributed by atoms with E-state index in [4.69, 9.17) is 14.2 Å². The summed E-state index contributed by atoms with van der Waals surface area (Å²) in [6, 6.07) is 9.09. The van der Waals surface area contributed by atoms with E-state index < -0.39 is 11.4 Å². The molecular formula is C17H21NO4. The number of benzene rings is 1. The van der Waals surface area contributed by atoms with Crippen LogP contribution in [0.1, 0.15) is 31.7 Å². The Morgan fingerprint density at radius 2 is 2.00 bits per heavy atom. The lowest BCUT2D eigenvalue weighted by Gasteiger charge is -2.33. The molecule has 1 fully saturated rings. The molecule has 0 aliphatic carbocycles. The third kappa shape index (κ3) is 3.85. The number of esters is 1. The monoisotopic (exact) mass is 303 g/mol. The normalized spacial score (nSPS) is 24.5. The van der Waals surface area contributed by atoms with Crippen molar-refractivity contribution >= 4 is 5.97 Å². The van der Waals surface area contributed by atoms with Gasteiger partial charge in [-0.25, -0.2) is 4.79 Å². The number of unbranched alkanes of at least 4 members (excludes halogenated alkanes) is 1. The molecule has 22 heavy (non-hydrogen) atoms. The first-order chi connectivity index (χ1) is 10.6. The molecule has 2 rings (SSSR count). The predicted octanol–water partition coefficient (Wildman–Crippen LogP) is 2.97. The van der Waals surface area contributed by atoms with Crippen LogP contribution in [0.4, 0.5) is 0 Å². The number of rotatable bonds is 5. The molecule has 1 aliphatic heterocycles. The summed E-state index contributed by atoms with van der Waals surface area (Å²) in [5.41, 5.74) is -0.328. The van der Waals surface area contributed by atoms with Gasteiger partial charge in [-0.05, 0) is 31.9 Å². The van der Waals surface area contributed by atoms with E-state index in [1.807, 2.05) is 25.1 Å². The van der Waals surface area contributed by atoms with Crippen LogP contribution < -0.4 is 4.74 Å². The van der Waals surface area contributed by atoms with Crippen molar-refractivity contribution in [2.45, 2.75) is 39.4 Å². The van der Waals surface area contributed by atoms with Gasteiger partial charge >= 0.3 is 5.97 Å². The highest BCUT2D eigenvalue weighted by molar-refractivity contribution is 5.82. The van der Waals surface area contributed by atoms with Crippen LogP contribution in [0.2, 0.25) is 0 Å². The van der Waals surface area contributed by atoms with Gasteiger partial charge in [0.15, 0.2) is 6.29 Å². The van der Waals surface area contributed by atoms with Crippen LogP contribution in [0.5, 0.6) is 5.75 Å². The minimum absolute atomic E-state index is 0.00256. The number of aryl methyl sites for hydroxylation is 1. The third-order valence-corrected chi connectivity index (χ3v) is 3.66. The van der Waals surface area contributed by atoms with Gasteiger partial charge in [0.05, 0.1) is 19.3 Å². The van der Waals surface area contributed by atoms with Crippen LogP contribution in [-0.2, 0) is 14.3 Å². The number of ether oxygens (including phenoxy) is 3. The quantitative estimate of drug-likeness (QED) is 0.618. The van der Waals surface area contributed by atoms with Crippen molar-refractivity contribution in [3.63, 3.8) is 0 Å². The van der Waals surface area contributed by atoms with Gasteiger partial charge in [0.2, 0.25) is 5.41 Å². The zero-order valence-electron chi connectivity index (χ0n) is 13.0. The summed E-state index contributed by atoms with van der Waals surface area (Å²) in [5, 5.41) is 9.39. The average molecular weight is 303 g/mol. The molecule has 118 valence electrons. The van der Waals surface area contributed by atoms with Crippen molar-refractivity contribution in [3.05, 3.63) is 29.8 Å². The molecule has 0 bridgehead atoms. The number of hydrogen-bond acceptors (Lipinski definition) is 5. The lowest BCUT2D eigenvalue weighted by Crippen LogP contribution is -2.48. The summed E-state index contributed by atoms with van der Waals surface area (Å²) in [4.78, 5) is 12.3. The predicted molar refractivity (Wildman–Crippen MR) is 80.1 cm³/mol. The van der Waals surface area contributed by atoms with Crippen molar-refractivity contribution in [2.75, 3.05) is 13.2 Å². The first-order valence-electron chi connectivity index (χ1n) is 7.53. The Morgan fingerprint density at radius 3 is 2.55 bits per heavy atom. The topological polar surface area (TPSA) is 68.5 Å². The summed E-state index contributed by atoms with van der Waals surface area (Å²) in [6.07, 6.45) is 2.46. The minimum Gasteiger partial charge on any atom is -0.425 e. The van der Waals surface area contributed by atoms with E-state index in [9.17, 15) is 10.1 Å². The Hall–Kier alpha value is -1.90. The highest BCUT2D eigenvalue weighted by Gasteiger charge is 2.46. The maximum Gasteiger partial charge on any atom is 0.336 e. The number of nitriles is 1. The van der Waals surface area contributed by atoms with Gasteiger partial charge < -0.3 is 14.2 Å². The Bertz CT molecular complexity index is 539. The zero-order chi connectivity index (χ0) is 16.0. The second-order valence-corrected chi connectivity index (χ2v) is 5.59. The van der Waals surface area contributed by atoms with Gasteiger partial charge in [-0.3, -0.25) is 0 Å². The SMILES string of the molecule is CCCC[C@H]1OC[C@@](C#N)(C(=O)Oc2ccc(C)cc2)CO1. The van der Waals surface area contributed by atoms with E-state index in [0.29, 0.717) is 5.75 Å². The lowest BCUT2D eigenvalue weighted by atomic mass is 9.91. The van der Waals surface area contributed by atoms with Crippen LogP contribution >= 0.6 is 0 Å². The fraction of sp³-hybridized carbons (Fsp3) is 0.529. The van der Waals surface area contributed by atoms with Crippen molar-refractivity contribution in [2.24, 2.45) is 5.41 Å². The number of carbonyl (C=O) groups is 1. The Morgan fingerprint density at radius 1 is 1.36 bits per heavy atom. The molecule has 1 aromatic carbocycles. The van der Waals surface area contributed by atoms with Gasteiger partial charge in [0.1, 0.15) is 5.75 Å². The van der Waals surface area contributed by atoms with Crippen molar-refractivity contribution < 1.29 is 19.0 Å². The second-order valence-electron chi connectivity index (χ2n) is 5.59. The van der Waals surface area contributed by atoms with Crippen LogP contribution in [0.15, 0.2) is 24.3 Å². The van der Waals surface area contributed by atoms with Gasteiger partial charge in [-0.1, -0.05) is 31.0 Å². The number of nitrogens with zero attached hydrogens (tertiary/aromatic N) is 1. The number of carbonyl (C=O) groups excluding carboxylic acids is 1. The Labute approximate surface area is 130 Å². The van der Waals surface area contributed by atoms with Gasteiger partial charge in [-0.2, -0.15) is 5.26 Å². The van der Waals surface area contributed by atoms with E-state index in [2.05, 4.69) is 6.92 Å². The van der Waals surface area contributed by atoms with E-state index in [0.717, 1.165) is 24.8 Å². The van der Waals surface area contributed by atoms with Crippen molar-refractivity contribution in [1.29, 1.82) is 5.26 Å². The molecule has 1 aliphatic rings. The molecule has 0 spiro atoms. The van der Waals surface area contributed by atoms with Crippen LogP contribution in [-0.4, -0.2) is 25.5 Å². The average Bonchev–Trinajstić information content (AvgIpc) is 2.55. The maximum absolute atomic E-state index is 12.3. The number of hydrogen-bond donors (Lipinski definition) is 0. The summed E-state index contributed by atoms with van der Waals surface area (Å²) >= 11 is 0. The van der Waals surface area contributed by atoms with Crippen LogP contribution in [0.25, 0.3) is 0 Å². The maximum atomic E-state index is 12.3. The molecule has 0 unspecified atom stereocenters. The molecule has 5 nitrogen and oxygen atoms in total. The molecule has 1 heterocycles. The standard InChI is InChI=1S/C17H21NO4/c1-3-4-5-15-20-11-17(10-18,12-21-15)16(19)22-14-8-6-13(2)7-9-14/h6-9,15H,3-5,11-12H2,1-2H3/t15-,17+. The van der Waals surface area contributed by atoms with Crippen molar-refractivity contribution in [3.8, 4) is 11.8 Å². The molecule has 0 atom stereocenters. The fourth-order valence-electron chi connectivity index (χ4n) is 2.14. The zero-order valence-corrected chi connectivity index (χ0v) is 13.0. The summed E-state index contributed by atoms with van der Waals surface area (Å²) in [5.74, 6) is -0.217. The van der Waals surface area contributed by atoms with Crippen LogP contribution in [0.3, 0.4) is 0 Å². The molecule has 0 aromatic heterocycles. The van der Waals surface area contributed by atoms with Gasteiger partial charge in [0, 0.05) is 0 Å². The fourth-order valence-corrected chi connectivity index (χ4v) is 2.14. The van der Waals surface area contributed by atoms with Gasteiger partial charge in [0.25, 0.3) is 0 Å². The van der Waals surface area contributed by atoms with E-state index in [1.165, 1.54) is 0 Å². The van der Waals surface area contributed by atoms with E-state index in [1.54, 1.807) is 12.1 Å². The summed E-state index contributed by atoms with van der Waals surface area (Å²) in [7, 11) is 0. The lowest BCUT2D eigenvalue weighted by molar-refractivity contribution is -0.223. The molecule has 0 amide bonds. The molecule has 0 radical (unpaired) electrons. The molecule has 1 saturated heterocycles. The summed E-state index contributed by atoms with van der Waals surface area (Å²) in [6.45, 7) is 4.04. The Balaban J connectivity index is 1.98. The smallest absolute Gasteiger partial charge is 0.336 e. The second kappa shape index (κ2) is 7.39. The molecular weight excluding hydrogens is 282 g/mol. The van der Waals surface area contributed by atoms with E-state index in [-0.39, 0.29) is 19.5 Å². The molecule has 1 aromatic rings. The first-order valence-corrected chi connectivity index (χ1v) is 7.53. The summed E-state index contributed by atoms with van der Waals surface area (Å²) < 4.78 is 16.3. The minimum atomic E-state index is -1.40. The Kier molecular flexibility index (Phi) is 5.53. The highest BCUT2D eigenvalue weighted by Crippen LogP contribution is 2.28. The largest absolute Gasteiger partial charge is 0.425 e. The molecule has 0 saturated carbocycles. The highest BCUT2D eigenvalue weighted by atomic mass is 16.7. The third-order valence-electron chi connectivity index (χ3n) is 3.66. The van der Waals surface area contributed by atoms with Crippen LogP contribution in [0, 0.1) is 23.7 Å². The van der Waals surface area contributed by atoms with Gasteiger partial charge in [-0.15, -0.1) is 0 Å². The molecule has 0 N–H and O–H groups in total. The van der Waals surface area contributed by atoms with Crippen molar-refractivity contribution in [1.82, 2.24) is 0 Å².